The first-order chi connectivity index (χ1) is 10.8. The minimum absolute atomic E-state index is 0.108. The van der Waals surface area contributed by atoms with E-state index in [1.54, 1.807) is 0 Å². The van der Waals surface area contributed by atoms with Crippen molar-refractivity contribution in [2.75, 3.05) is 0 Å². The minimum atomic E-state index is -0.108. The molecule has 23 heavy (non-hydrogen) atoms. The molecule has 0 radical (unpaired) electrons. The zero-order valence-corrected chi connectivity index (χ0v) is 13.9. The van der Waals surface area contributed by atoms with Crippen LogP contribution in [0.4, 0.5) is 0 Å². The summed E-state index contributed by atoms with van der Waals surface area (Å²) in [5, 5.41) is 5.47. The quantitative estimate of drug-likeness (QED) is 0.816. The van der Waals surface area contributed by atoms with Gasteiger partial charge in [-0.2, -0.15) is 5.10 Å². The van der Waals surface area contributed by atoms with Crippen LogP contribution in [-0.4, -0.2) is 16.6 Å². The van der Waals surface area contributed by atoms with E-state index >= 15 is 0 Å². The van der Waals surface area contributed by atoms with Crippen LogP contribution >= 0.6 is 0 Å². The Morgan fingerprint density at radius 2 is 1.83 bits per heavy atom. The van der Waals surface area contributed by atoms with Crippen LogP contribution in [0, 0.1) is 16.7 Å². The van der Waals surface area contributed by atoms with Gasteiger partial charge in [0, 0.05) is 28.6 Å². The van der Waals surface area contributed by atoms with Crippen LogP contribution in [0.1, 0.15) is 33.3 Å². The smallest absolute Gasteiger partial charge is 0.273 e. The lowest BCUT2D eigenvalue weighted by Crippen LogP contribution is -2.15. The molecule has 0 atom stereocenters. The molecular formula is C19H21N3O. The predicted molar refractivity (Wildman–Crippen MR) is 92.9 cm³/mol. The van der Waals surface area contributed by atoms with E-state index in [0.717, 1.165) is 22.2 Å². The molecule has 1 fully saturated rings. The standard InChI is InChI=1S/C19H21N3O/c1-18(2)16(19(18,3)4)15-13(17(23)22-21-15)9-11-10-20-14-8-6-5-7-12(11)14/h5-10,16,20H,1-4H3,(H,22,23)/b13-9-. The zero-order valence-electron chi connectivity index (χ0n) is 13.9. The molecule has 1 aliphatic carbocycles. The summed E-state index contributed by atoms with van der Waals surface area (Å²) in [5.41, 5.74) is 6.64. The average Bonchev–Trinajstić information content (AvgIpc) is 2.88. The van der Waals surface area contributed by atoms with Crippen LogP contribution < -0.4 is 5.43 Å². The summed E-state index contributed by atoms with van der Waals surface area (Å²) in [4.78, 5) is 15.6. The maximum atomic E-state index is 12.3. The number of nitrogens with zero attached hydrogens (tertiary/aromatic N) is 1. The fourth-order valence-electron chi connectivity index (χ4n) is 3.96. The van der Waals surface area contributed by atoms with E-state index in [1.165, 1.54) is 0 Å². The van der Waals surface area contributed by atoms with Gasteiger partial charge in [0.1, 0.15) is 0 Å². The topological polar surface area (TPSA) is 57.2 Å². The molecule has 1 aromatic heterocycles. The Labute approximate surface area is 135 Å². The highest BCUT2D eigenvalue weighted by molar-refractivity contribution is 6.29. The summed E-state index contributed by atoms with van der Waals surface area (Å²) in [7, 11) is 0. The molecule has 1 aromatic carbocycles. The first-order valence-electron chi connectivity index (χ1n) is 8.00. The molecule has 1 saturated carbocycles. The summed E-state index contributed by atoms with van der Waals surface area (Å²) in [5.74, 6) is 0.189. The van der Waals surface area contributed by atoms with Crippen molar-refractivity contribution in [2.24, 2.45) is 21.8 Å². The summed E-state index contributed by atoms with van der Waals surface area (Å²) < 4.78 is 0. The SMILES string of the molecule is CC1(C)C(C2=NNC(=O)/C2=C\c2c[nH]c3ccccc23)C1(C)C. The number of aromatic nitrogens is 1. The van der Waals surface area contributed by atoms with E-state index in [1.807, 2.05) is 30.5 Å². The highest BCUT2D eigenvalue weighted by atomic mass is 16.2. The van der Waals surface area contributed by atoms with E-state index in [0.29, 0.717) is 11.5 Å². The Morgan fingerprint density at radius 3 is 2.52 bits per heavy atom. The monoisotopic (exact) mass is 307 g/mol. The second kappa shape index (κ2) is 4.34. The molecule has 0 bridgehead atoms. The third-order valence-electron chi connectivity index (χ3n) is 6.01. The first-order valence-corrected chi connectivity index (χ1v) is 8.00. The number of H-pyrrole nitrogens is 1. The number of hydrogen-bond donors (Lipinski definition) is 2. The summed E-state index contributed by atoms with van der Waals surface area (Å²) in [6.45, 7) is 8.97. The molecule has 0 unspecified atom stereocenters. The van der Waals surface area contributed by atoms with Gasteiger partial charge >= 0.3 is 0 Å². The lowest BCUT2D eigenvalue weighted by Gasteiger charge is -2.03. The average molecular weight is 307 g/mol. The third kappa shape index (κ3) is 1.84. The molecule has 1 amide bonds. The highest BCUT2D eigenvalue weighted by Crippen LogP contribution is 2.69. The number of hydrogen-bond acceptors (Lipinski definition) is 2. The number of fused-ring (bicyclic) bond motifs is 1. The summed E-state index contributed by atoms with van der Waals surface area (Å²) in [6, 6.07) is 8.11. The van der Waals surface area contributed by atoms with Crippen molar-refractivity contribution in [3.63, 3.8) is 0 Å². The Bertz CT molecular complexity index is 869. The van der Waals surface area contributed by atoms with Crippen molar-refractivity contribution in [2.45, 2.75) is 27.7 Å². The largest absolute Gasteiger partial charge is 0.361 e. The number of carbonyl (C=O) groups is 1. The number of hydrazone groups is 1. The Kier molecular flexibility index (Phi) is 2.69. The van der Waals surface area contributed by atoms with Gasteiger partial charge in [0.15, 0.2) is 0 Å². The number of carbonyl (C=O) groups excluding carboxylic acids is 1. The van der Waals surface area contributed by atoms with Crippen molar-refractivity contribution in [3.05, 3.63) is 41.6 Å². The second-order valence-electron chi connectivity index (χ2n) is 7.66. The molecule has 0 spiro atoms. The normalized spacial score (nSPS) is 24.1. The molecule has 118 valence electrons. The van der Waals surface area contributed by atoms with Crippen molar-refractivity contribution in [1.82, 2.24) is 10.4 Å². The lowest BCUT2D eigenvalue weighted by atomic mass is 9.98. The van der Waals surface area contributed by atoms with Crippen LogP contribution in [0.3, 0.4) is 0 Å². The zero-order chi connectivity index (χ0) is 16.4. The van der Waals surface area contributed by atoms with E-state index in [4.69, 9.17) is 0 Å². The fraction of sp³-hybridized carbons (Fsp3) is 0.368. The van der Waals surface area contributed by atoms with Crippen LogP contribution in [0.15, 0.2) is 41.1 Å². The Hall–Kier alpha value is -2.36. The van der Waals surface area contributed by atoms with E-state index in [2.05, 4.69) is 49.3 Å². The van der Waals surface area contributed by atoms with Gasteiger partial charge in [-0.3, -0.25) is 4.79 Å². The molecule has 2 N–H and O–H groups in total. The number of para-hydroxylation sites is 1. The van der Waals surface area contributed by atoms with E-state index in [9.17, 15) is 4.79 Å². The fourth-order valence-corrected chi connectivity index (χ4v) is 3.96. The summed E-state index contributed by atoms with van der Waals surface area (Å²) in [6.07, 6.45) is 3.91. The van der Waals surface area contributed by atoms with Crippen molar-refractivity contribution >= 4 is 28.6 Å². The molecular weight excluding hydrogens is 286 g/mol. The minimum Gasteiger partial charge on any atom is -0.361 e. The van der Waals surface area contributed by atoms with Gasteiger partial charge in [0.2, 0.25) is 0 Å². The maximum Gasteiger partial charge on any atom is 0.273 e. The number of benzene rings is 1. The number of aromatic amines is 1. The van der Waals surface area contributed by atoms with Gasteiger partial charge in [-0.1, -0.05) is 45.9 Å². The van der Waals surface area contributed by atoms with Gasteiger partial charge < -0.3 is 4.98 Å². The third-order valence-corrected chi connectivity index (χ3v) is 6.01. The Balaban J connectivity index is 1.78. The number of nitrogens with one attached hydrogen (secondary N) is 2. The van der Waals surface area contributed by atoms with Gasteiger partial charge in [-0.05, 0) is 23.0 Å². The molecule has 0 saturated heterocycles. The van der Waals surface area contributed by atoms with E-state index < -0.39 is 0 Å². The van der Waals surface area contributed by atoms with E-state index in [-0.39, 0.29) is 16.7 Å². The van der Waals surface area contributed by atoms with Crippen molar-refractivity contribution in [3.8, 4) is 0 Å². The van der Waals surface area contributed by atoms with Gasteiger partial charge in [0.05, 0.1) is 11.3 Å². The molecule has 2 heterocycles. The van der Waals surface area contributed by atoms with Gasteiger partial charge in [-0.25, -0.2) is 5.43 Å². The van der Waals surface area contributed by atoms with Gasteiger partial charge in [-0.15, -0.1) is 0 Å². The van der Waals surface area contributed by atoms with Crippen LogP contribution in [0.25, 0.3) is 17.0 Å². The molecule has 1 aliphatic heterocycles. The van der Waals surface area contributed by atoms with Crippen molar-refractivity contribution in [1.29, 1.82) is 0 Å². The molecule has 4 rings (SSSR count). The second-order valence-corrected chi connectivity index (χ2v) is 7.66. The molecule has 4 heteroatoms. The lowest BCUT2D eigenvalue weighted by molar-refractivity contribution is -0.116. The highest BCUT2D eigenvalue weighted by Gasteiger charge is 2.67. The molecule has 2 aliphatic rings. The summed E-state index contributed by atoms with van der Waals surface area (Å²) >= 11 is 0. The van der Waals surface area contributed by atoms with Crippen molar-refractivity contribution < 1.29 is 4.79 Å². The van der Waals surface area contributed by atoms with Crippen LogP contribution in [0.5, 0.6) is 0 Å². The van der Waals surface area contributed by atoms with Crippen LogP contribution in [-0.2, 0) is 4.79 Å². The van der Waals surface area contributed by atoms with Crippen LogP contribution in [0.2, 0.25) is 0 Å². The first kappa shape index (κ1) is 14.2. The molecule has 2 aromatic rings. The van der Waals surface area contributed by atoms with Gasteiger partial charge in [0.25, 0.3) is 5.91 Å². The maximum absolute atomic E-state index is 12.3. The predicted octanol–water partition coefficient (Wildman–Crippen LogP) is 3.72. The molecule has 4 nitrogen and oxygen atoms in total. The Morgan fingerprint density at radius 1 is 1.13 bits per heavy atom. The number of amides is 1. The number of rotatable bonds is 2.